The summed E-state index contributed by atoms with van der Waals surface area (Å²) >= 11 is 0. The van der Waals surface area contributed by atoms with Gasteiger partial charge >= 0.3 is 0 Å². The number of aromatic nitrogens is 3. The van der Waals surface area contributed by atoms with Crippen molar-refractivity contribution in [3.63, 3.8) is 0 Å². The van der Waals surface area contributed by atoms with Gasteiger partial charge in [-0.05, 0) is 60.4 Å². The zero-order chi connectivity index (χ0) is 20.4. The van der Waals surface area contributed by atoms with Gasteiger partial charge in [-0.15, -0.1) is 0 Å². The van der Waals surface area contributed by atoms with Crippen molar-refractivity contribution in [3.05, 3.63) is 66.0 Å². The second-order valence-electron chi connectivity index (χ2n) is 6.84. The SMILES string of the molecule is CCc1cc(Nc2ccn3ncc(-c4cccc(OC)c4)c3n2)cc(C)c1OC. The van der Waals surface area contributed by atoms with E-state index in [0.29, 0.717) is 0 Å². The third-order valence-electron chi connectivity index (χ3n) is 4.96. The van der Waals surface area contributed by atoms with Crippen LogP contribution in [0.3, 0.4) is 0 Å². The van der Waals surface area contributed by atoms with E-state index in [-0.39, 0.29) is 0 Å². The molecule has 2 heterocycles. The molecule has 0 fully saturated rings. The molecule has 0 aliphatic rings. The summed E-state index contributed by atoms with van der Waals surface area (Å²) in [4.78, 5) is 4.81. The Bertz CT molecular complexity index is 1170. The summed E-state index contributed by atoms with van der Waals surface area (Å²) in [5.41, 5.74) is 5.99. The number of rotatable bonds is 6. The summed E-state index contributed by atoms with van der Waals surface area (Å²) < 4.78 is 12.7. The standard InChI is InChI=1S/C23H24N4O2/c1-5-16-12-18(11-15(2)22(16)29-4)25-21-9-10-27-23(26-21)20(14-24-27)17-7-6-8-19(13-17)28-3/h6-14H,5H2,1-4H3,(H,25,26). The molecule has 0 saturated heterocycles. The number of nitrogens with one attached hydrogen (secondary N) is 1. The van der Waals surface area contributed by atoms with E-state index in [0.717, 1.165) is 57.3 Å². The Morgan fingerprint density at radius 1 is 1.07 bits per heavy atom. The molecule has 0 amide bonds. The third-order valence-corrected chi connectivity index (χ3v) is 4.96. The zero-order valence-corrected chi connectivity index (χ0v) is 17.1. The highest BCUT2D eigenvalue weighted by Crippen LogP contribution is 2.30. The Labute approximate surface area is 170 Å². The summed E-state index contributed by atoms with van der Waals surface area (Å²) in [6.45, 7) is 4.18. The van der Waals surface area contributed by atoms with Crippen LogP contribution in [0.5, 0.6) is 11.5 Å². The van der Waals surface area contributed by atoms with Crippen LogP contribution in [-0.2, 0) is 6.42 Å². The predicted molar refractivity (Wildman–Crippen MR) is 115 cm³/mol. The van der Waals surface area contributed by atoms with Gasteiger partial charge in [0.25, 0.3) is 0 Å². The number of aryl methyl sites for hydroxylation is 2. The molecule has 2 aromatic heterocycles. The van der Waals surface area contributed by atoms with E-state index in [2.05, 4.69) is 36.4 Å². The molecule has 0 spiro atoms. The lowest BCUT2D eigenvalue weighted by atomic mass is 10.1. The number of fused-ring (bicyclic) bond motifs is 1. The minimum atomic E-state index is 0.758. The molecular weight excluding hydrogens is 364 g/mol. The molecule has 0 radical (unpaired) electrons. The average molecular weight is 388 g/mol. The van der Waals surface area contributed by atoms with E-state index < -0.39 is 0 Å². The summed E-state index contributed by atoms with van der Waals surface area (Å²) in [6, 6.07) is 14.0. The normalized spacial score (nSPS) is 10.9. The summed E-state index contributed by atoms with van der Waals surface area (Å²) in [5.74, 6) is 2.50. The van der Waals surface area contributed by atoms with E-state index >= 15 is 0 Å². The first-order valence-electron chi connectivity index (χ1n) is 9.56. The van der Waals surface area contributed by atoms with Gasteiger partial charge < -0.3 is 14.8 Å². The molecule has 29 heavy (non-hydrogen) atoms. The molecule has 6 nitrogen and oxygen atoms in total. The molecule has 0 aliphatic heterocycles. The monoisotopic (exact) mass is 388 g/mol. The van der Waals surface area contributed by atoms with Crippen molar-refractivity contribution >= 4 is 17.2 Å². The van der Waals surface area contributed by atoms with Crippen LogP contribution >= 0.6 is 0 Å². The molecule has 148 valence electrons. The Hall–Kier alpha value is -3.54. The first-order chi connectivity index (χ1) is 14.1. The Morgan fingerprint density at radius 3 is 2.69 bits per heavy atom. The van der Waals surface area contributed by atoms with Crippen LogP contribution in [0.4, 0.5) is 11.5 Å². The number of methoxy groups -OCH3 is 2. The van der Waals surface area contributed by atoms with E-state index in [9.17, 15) is 0 Å². The number of ether oxygens (including phenoxy) is 2. The van der Waals surface area contributed by atoms with Crippen molar-refractivity contribution in [2.45, 2.75) is 20.3 Å². The molecule has 4 aromatic rings. The number of hydrogen-bond acceptors (Lipinski definition) is 5. The highest BCUT2D eigenvalue weighted by molar-refractivity contribution is 5.78. The van der Waals surface area contributed by atoms with Crippen molar-refractivity contribution in [2.75, 3.05) is 19.5 Å². The summed E-state index contributed by atoms with van der Waals surface area (Å²) in [5, 5.41) is 7.85. The highest BCUT2D eigenvalue weighted by Gasteiger charge is 2.12. The lowest BCUT2D eigenvalue weighted by Gasteiger charge is -2.14. The molecule has 0 bridgehead atoms. The maximum Gasteiger partial charge on any atom is 0.165 e. The quantitative estimate of drug-likeness (QED) is 0.502. The molecule has 1 N–H and O–H groups in total. The second kappa shape index (κ2) is 7.83. The molecular formula is C23H24N4O2. The minimum absolute atomic E-state index is 0.758. The summed E-state index contributed by atoms with van der Waals surface area (Å²) in [7, 11) is 3.38. The molecule has 6 heteroatoms. The van der Waals surface area contributed by atoms with Crippen LogP contribution in [0.15, 0.2) is 54.9 Å². The van der Waals surface area contributed by atoms with E-state index in [1.165, 1.54) is 0 Å². The van der Waals surface area contributed by atoms with Gasteiger partial charge in [0.15, 0.2) is 5.65 Å². The van der Waals surface area contributed by atoms with Crippen molar-refractivity contribution in [3.8, 4) is 22.6 Å². The smallest absolute Gasteiger partial charge is 0.165 e. The molecule has 4 rings (SSSR count). The Kier molecular flexibility index (Phi) is 5.08. The number of nitrogens with zero attached hydrogens (tertiary/aromatic N) is 3. The van der Waals surface area contributed by atoms with Crippen LogP contribution in [0.2, 0.25) is 0 Å². The van der Waals surface area contributed by atoms with Crippen LogP contribution in [0.1, 0.15) is 18.1 Å². The molecule has 0 atom stereocenters. The van der Waals surface area contributed by atoms with Gasteiger partial charge in [0.1, 0.15) is 17.3 Å². The van der Waals surface area contributed by atoms with E-state index in [1.54, 1.807) is 18.7 Å². The van der Waals surface area contributed by atoms with Crippen molar-refractivity contribution in [1.29, 1.82) is 0 Å². The molecule has 0 saturated carbocycles. The maximum absolute atomic E-state index is 5.54. The van der Waals surface area contributed by atoms with Crippen LogP contribution < -0.4 is 14.8 Å². The number of benzene rings is 2. The highest BCUT2D eigenvalue weighted by atomic mass is 16.5. The van der Waals surface area contributed by atoms with Crippen LogP contribution in [0.25, 0.3) is 16.8 Å². The van der Waals surface area contributed by atoms with E-state index in [4.69, 9.17) is 14.5 Å². The van der Waals surface area contributed by atoms with Gasteiger partial charge in [-0.3, -0.25) is 0 Å². The number of hydrogen-bond donors (Lipinski definition) is 1. The van der Waals surface area contributed by atoms with Crippen molar-refractivity contribution in [1.82, 2.24) is 14.6 Å². The van der Waals surface area contributed by atoms with Crippen LogP contribution in [0, 0.1) is 6.92 Å². The molecule has 2 aromatic carbocycles. The van der Waals surface area contributed by atoms with Crippen molar-refractivity contribution < 1.29 is 9.47 Å². The zero-order valence-electron chi connectivity index (χ0n) is 17.1. The van der Waals surface area contributed by atoms with Gasteiger partial charge in [0, 0.05) is 17.4 Å². The van der Waals surface area contributed by atoms with Gasteiger partial charge in [0.05, 0.1) is 20.4 Å². The fourth-order valence-corrected chi connectivity index (χ4v) is 3.55. The fraction of sp³-hybridized carbons (Fsp3) is 0.217. The third kappa shape index (κ3) is 3.61. The average Bonchev–Trinajstić information content (AvgIpc) is 3.16. The Morgan fingerprint density at radius 2 is 1.93 bits per heavy atom. The first kappa shape index (κ1) is 18.8. The predicted octanol–water partition coefficient (Wildman–Crippen LogP) is 5.03. The van der Waals surface area contributed by atoms with Crippen LogP contribution in [-0.4, -0.2) is 28.8 Å². The minimum Gasteiger partial charge on any atom is -0.497 e. The van der Waals surface area contributed by atoms with Gasteiger partial charge in [-0.25, -0.2) is 9.50 Å². The summed E-state index contributed by atoms with van der Waals surface area (Å²) in [6.07, 6.45) is 4.63. The lowest BCUT2D eigenvalue weighted by Crippen LogP contribution is -2.00. The van der Waals surface area contributed by atoms with E-state index in [1.807, 2.05) is 42.7 Å². The maximum atomic E-state index is 5.54. The largest absolute Gasteiger partial charge is 0.497 e. The van der Waals surface area contributed by atoms with Gasteiger partial charge in [0.2, 0.25) is 0 Å². The molecule has 0 unspecified atom stereocenters. The lowest BCUT2D eigenvalue weighted by molar-refractivity contribution is 0.407. The van der Waals surface area contributed by atoms with Crippen molar-refractivity contribution in [2.24, 2.45) is 0 Å². The Balaban J connectivity index is 1.72. The van der Waals surface area contributed by atoms with Gasteiger partial charge in [-0.1, -0.05) is 19.1 Å². The fourth-order valence-electron chi connectivity index (χ4n) is 3.55. The molecule has 0 aliphatic carbocycles. The number of anilines is 2. The van der Waals surface area contributed by atoms with Gasteiger partial charge in [-0.2, -0.15) is 5.10 Å². The first-order valence-corrected chi connectivity index (χ1v) is 9.56. The topological polar surface area (TPSA) is 60.7 Å². The second-order valence-corrected chi connectivity index (χ2v) is 6.84.